The number of benzene rings is 1. The van der Waals surface area contributed by atoms with Crippen LogP contribution in [0.15, 0.2) is 30.7 Å². The summed E-state index contributed by atoms with van der Waals surface area (Å²) in [6, 6.07) is 4.17. The molecule has 0 aliphatic rings. The normalized spacial score (nSPS) is 10.6. The predicted molar refractivity (Wildman–Crippen MR) is 56.4 cm³/mol. The van der Waals surface area contributed by atoms with Gasteiger partial charge in [0.05, 0.1) is 22.7 Å². The smallest absolute Gasteiger partial charge is 0.125 e. The number of halogens is 2. The van der Waals surface area contributed by atoms with Crippen LogP contribution in [0.3, 0.4) is 0 Å². The lowest BCUT2D eigenvalue weighted by atomic mass is 10.3. The monoisotopic (exact) mass is 225 g/mol. The lowest BCUT2D eigenvalue weighted by Gasteiger charge is -2.08. The molecule has 5 heteroatoms. The summed E-state index contributed by atoms with van der Waals surface area (Å²) in [5, 5.41) is 0.462. The van der Waals surface area contributed by atoms with Crippen molar-refractivity contribution in [2.45, 2.75) is 6.54 Å². The van der Waals surface area contributed by atoms with Crippen LogP contribution in [0.1, 0.15) is 5.69 Å². The molecule has 1 aromatic carbocycles. The van der Waals surface area contributed by atoms with Gasteiger partial charge < -0.3 is 10.3 Å². The molecule has 0 saturated carbocycles. The highest BCUT2D eigenvalue weighted by Gasteiger charge is 2.07. The van der Waals surface area contributed by atoms with Crippen molar-refractivity contribution < 1.29 is 4.39 Å². The Labute approximate surface area is 91.3 Å². The van der Waals surface area contributed by atoms with Crippen LogP contribution in [0.5, 0.6) is 0 Å². The van der Waals surface area contributed by atoms with Gasteiger partial charge in [0, 0.05) is 12.7 Å². The Balaban J connectivity index is 2.58. The maximum atomic E-state index is 13.1. The van der Waals surface area contributed by atoms with Gasteiger partial charge in [0.2, 0.25) is 0 Å². The summed E-state index contributed by atoms with van der Waals surface area (Å²) < 4.78 is 14.7. The maximum absolute atomic E-state index is 13.1. The molecule has 0 fully saturated rings. The first-order chi connectivity index (χ1) is 7.22. The molecule has 1 aromatic heterocycles. The third-order valence-corrected chi connectivity index (χ3v) is 2.41. The lowest BCUT2D eigenvalue weighted by molar-refractivity contribution is 0.626. The summed E-state index contributed by atoms with van der Waals surface area (Å²) in [6.45, 7) is 0.326. The summed E-state index contributed by atoms with van der Waals surface area (Å²) >= 11 is 5.96. The maximum Gasteiger partial charge on any atom is 0.125 e. The topological polar surface area (TPSA) is 43.8 Å². The summed E-state index contributed by atoms with van der Waals surface area (Å²) in [5.74, 6) is -0.342. The first-order valence-electron chi connectivity index (χ1n) is 4.39. The van der Waals surface area contributed by atoms with Crippen LogP contribution in [0.4, 0.5) is 4.39 Å². The van der Waals surface area contributed by atoms with Crippen molar-refractivity contribution in [1.82, 2.24) is 9.55 Å². The molecule has 15 heavy (non-hydrogen) atoms. The van der Waals surface area contributed by atoms with Gasteiger partial charge in [0.15, 0.2) is 0 Å². The fourth-order valence-electron chi connectivity index (χ4n) is 1.36. The lowest BCUT2D eigenvalue weighted by Crippen LogP contribution is -2.05. The van der Waals surface area contributed by atoms with Crippen LogP contribution in [0.25, 0.3) is 5.69 Å². The van der Waals surface area contributed by atoms with E-state index < -0.39 is 0 Å². The molecule has 1 heterocycles. The van der Waals surface area contributed by atoms with Crippen LogP contribution >= 0.6 is 11.6 Å². The van der Waals surface area contributed by atoms with Gasteiger partial charge in [-0.1, -0.05) is 11.6 Å². The zero-order chi connectivity index (χ0) is 10.8. The van der Waals surface area contributed by atoms with Crippen LogP contribution in [0, 0.1) is 5.82 Å². The van der Waals surface area contributed by atoms with Crippen LogP contribution in [0.2, 0.25) is 5.02 Å². The van der Waals surface area contributed by atoms with E-state index in [-0.39, 0.29) is 5.82 Å². The van der Waals surface area contributed by atoms with E-state index in [1.165, 1.54) is 18.2 Å². The zero-order valence-electron chi connectivity index (χ0n) is 7.82. The molecule has 0 bridgehead atoms. The number of nitrogens with zero attached hydrogens (tertiary/aromatic N) is 2. The second-order valence-electron chi connectivity index (χ2n) is 3.05. The number of rotatable bonds is 2. The quantitative estimate of drug-likeness (QED) is 0.851. The standard InChI is InChI=1S/C10H9ClFN3/c11-9-2-1-7(12)3-10(9)15-6-14-5-8(15)4-13/h1-3,5-6H,4,13H2. The minimum atomic E-state index is -0.342. The molecule has 0 radical (unpaired) electrons. The summed E-state index contributed by atoms with van der Waals surface area (Å²) in [4.78, 5) is 3.94. The molecular weight excluding hydrogens is 217 g/mol. The second-order valence-corrected chi connectivity index (χ2v) is 3.46. The first-order valence-corrected chi connectivity index (χ1v) is 4.77. The molecule has 0 spiro atoms. The molecular formula is C10H9ClFN3. The Morgan fingerprint density at radius 1 is 1.47 bits per heavy atom. The van der Waals surface area contributed by atoms with E-state index in [0.717, 1.165) is 5.69 Å². The van der Waals surface area contributed by atoms with Gasteiger partial charge in [-0.25, -0.2) is 9.37 Å². The average molecular weight is 226 g/mol. The first kappa shape index (κ1) is 10.1. The number of hydrogen-bond donors (Lipinski definition) is 1. The van der Waals surface area contributed by atoms with E-state index in [0.29, 0.717) is 17.3 Å². The Morgan fingerprint density at radius 3 is 3.00 bits per heavy atom. The number of aromatic nitrogens is 2. The van der Waals surface area contributed by atoms with E-state index >= 15 is 0 Å². The van der Waals surface area contributed by atoms with E-state index in [4.69, 9.17) is 17.3 Å². The van der Waals surface area contributed by atoms with Gasteiger partial charge in [-0.15, -0.1) is 0 Å². The van der Waals surface area contributed by atoms with Crippen molar-refractivity contribution in [1.29, 1.82) is 0 Å². The van der Waals surface area contributed by atoms with Gasteiger partial charge in [0.1, 0.15) is 5.82 Å². The molecule has 78 valence electrons. The van der Waals surface area contributed by atoms with Crippen LogP contribution < -0.4 is 5.73 Å². The Bertz CT molecular complexity index is 481. The summed E-state index contributed by atoms with van der Waals surface area (Å²) in [5.41, 5.74) is 6.85. The van der Waals surface area contributed by atoms with Gasteiger partial charge in [-0.3, -0.25) is 0 Å². The highest BCUT2D eigenvalue weighted by atomic mass is 35.5. The summed E-state index contributed by atoms with van der Waals surface area (Å²) in [6.07, 6.45) is 3.18. The van der Waals surface area contributed by atoms with Crippen LogP contribution in [-0.2, 0) is 6.54 Å². The fraction of sp³-hybridized carbons (Fsp3) is 0.100. The van der Waals surface area contributed by atoms with Gasteiger partial charge in [0.25, 0.3) is 0 Å². The van der Waals surface area contributed by atoms with Gasteiger partial charge in [-0.2, -0.15) is 0 Å². The Kier molecular flexibility index (Phi) is 2.70. The molecule has 0 unspecified atom stereocenters. The highest BCUT2D eigenvalue weighted by Crippen LogP contribution is 2.22. The number of hydrogen-bond acceptors (Lipinski definition) is 2. The van der Waals surface area contributed by atoms with Crippen molar-refractivity contribution in [3.8, 4) is 5.69 Å². The Morgan fingerprint density at radius 2 is 2.27 bits per heavy atom. The molecule has 2 N–H and O–H groups in total. The van der Waals surface area contributed by atoms with Gasteiger partial charge in [-0.05, 0) is 18.2 Å². The second kappa shape index (κ2) is 4.00. The van der Waals surface area contributed by atoms with Crippen molar-refractivity contribution in [2.75, 3.05) is 0 Å². The average Bonchev–Trinajstić information content (AvgIpc) is 2.69. The molecule has 0 aliphatic heterocycles. The van der Waals surface area contributed by atoms with Crippen molar-refractivity contribution >= 4 is 11.6 Å². The SMILES string of the molecule is NCc1cncn1-c1cc(F)ccc1Cl. The van der Waals surface area contributed by atoms with Crippen molar-refractivity contribution in [2.24, 2.45) is 5.73 Å². The number of imidazole rings is 1. The summed E-state index contributed by atoms with van der Waals surface area (Å²) in [7, 11) is 0. The predicted octanol–water partition coefficient (Wildman–Crippen LogP) is 2.12. The molecule has 2 rings (SSSR count). The van der Waals surface area contributed by atoms with Gasteiger partial charge >= 0.3 is 0 Å². The van der Waals surface area contributed by atoms with Crippen molar-refractivity contribution in [3.05, 3.63) is 47.3 Å². The third-order valence-electron chi connectivity index (χ3n) is 2.09. The fourth-order valence-corrected chi connectivity index (χ4v) is 1.57. The largest absolute Gasteiger partial charge is 0.325 e. The molecule has 0 atom stereocenters. The van der Waals surface area contributed by atoms with E-state index in [2.05, 4.69) is 4.98 Å². The molecule has 0 saturated heterocycles. The number of nitrogens with two attached hydrogens (primary N) is 1. The molecule has 0 amide bonds. The van der Waals surface area contributed by atoms with E-state index in [1.807, 2.05) is 0 Å². The van der Waals surface area contributed by atoms with E-state index in [1.54, 1.807) is 17.1 Å². The van der Waals surface area contributed by atoms with E-state index in [9.17, 15) is 4.39 Å². The Hall–Kier alpha value is -1.39. The molecule has 3 nitrogen and oxygen atoms in total. The molecule has 2 aromatic rings. The molecule has 0 aliphatic carbocycles. The minimum Gasteiger partial charge on any atom is -0.325 e. The van der Waals surface area contributed by atoms with Crippen molar-refractivity contribution in [3.63, 3.8) is 0 Å². The third kappa shape index (κ3) is 1.86. The minimum absolute atomic E-state index is 0.326. The zero-order valence-corrected chi connectivity index (χ0v) is 8.58. The highest BCUT2D eigenvalue weighted by molar-refractivity contribution is 6.32. The van der Waals surface area contributed by atoms with Crippen LogP contribution in [-0.4, -0.2) is 9.55 Å².